The average molecular weight is 610 g/mol. The molecule has 0 aliphatic heterocycles. The molecule has 0 bridgehead atoms. The van der Waals surface area contributed by atoms with Crippen LogP contribution in [0.5, 0.6) is 0 Å². The van der Waals surface area contributed by atoms with Gasteiger partial charge in [0.2, 0.25) is 21.8 Å². The Labute approximate surface area is 254 Å². The van der Waals surface area contributed by atoms with Gasteiger partial charge in [0, 0.05) is 37.0 Å². The number of hydrogen-bond donors (Lipinski definition) is 1. The van der Waals surface area contributed by atoms with Crippen molar-refractivity contribution in [2.45, 2.75) is 70.5 Å². The Morgan fingerprint density at radius 2 is 1.67 bits per heavy atom. The average Bonchev–Trinajstić information content (AvgIpc) is 3.46. The summed E-state index contributed by atoms with van der Waals surface area (Å²) in [6.07, 6.45) is 5.96. The lowest BCUT2D eigenvalue weighted by Crippen LogP contribution is -2.52. The van der Waals surface area contributed by atoms with Crippen molar-refractivity contribution in [3.8, 4) is 0 Å². The van der Waals surface area contributed by atoms with Crippen LogP contribution in [0.3, 0.4) is 0 Å². The van der Waals surface area contributed by atoms with Gasteiger partial charge in [-0.05, 0) is 61.1 Å². The summed E-state index contributed by atoms with van der Waals surface area (Å²) in [7, 11) is -3.61. The summed E-state index contributed by atoms with van der Waals surface area (Å²) in [6.45, 7) is 2.39. The largest absolute Gasteiger partial charge is 0.352 e. The third kappa shape index (κ3) is 8.82. The van der Waals surface area contributed by atoms with E-state index in [2.05, 4.69) is 5.32 Å². The molecule has 0 spiro atoms. The third-order valence-electron chi connectivity index (χ3n) is 7.82. The van der Waals surface area contributed by atoms with Crippen molar-refractivity contribution in [1.29, 1.82) is 0 Å². The molecule has 1 aliphatic carbocycles. The number of amides is 2. The molecule has 0 heterocycles. The van der Waals surface area contributed by atoms with E-state index in [1.807, 2.05) is 61.5 Å². The molecule has 1 atom stereocenters. The van der Waals surface area contributed by atoms with Crippen molar-refractivity contribution in [1.82, 2.24) is 10.2 Å². The Kier molecular flexibility index (Phi) is 11.0. The number of carbonyl (C=O) groups excluding carboxylic acids is 2. The molecule has 224 valence electrons. The van der Waals surface area contributed by atoms with E-state index >= 15 is 0 Å². The molecule has 1 fully saturated rings. The third-order valence-corrected chi connectivity index (χ3v) is 9.25. The van der Waals surface area contributed by atoms with Crippen molar-refractivity contribution in [3.05, 3.63) is 101 Å². The molecule has 42 heavy (non-hydrogen) atoms. The maximum Gasteiger partial charge on any atom is 0.243 e. The highest BCUT2D eigenvalue weighted by Crippen LogP contribution is 2.24. The Morgan fingerprint density at radius 3 is 2.33 bits per heavy atom. The molecule has 3 aromatic carbocycles. The number of rotatable bonds is 13. The minimum absolute atomic E-state index is 0.0838. The highest BCUT2D eigenvalue weighted by molar-refractivity contribution is 7.92. The van der Waals surface area contributed by atoms with E-state index in [9.17, 15) is 18.0 Å². The minimum Gasteiger partial charge on any atom is -0.352 e. The first-order chi connectivity index (χ1) is 20.1. The number of benzene rings is 3. The van der Waals surface area contributed by atoms with Crippen molar-refractivity contribution >= 4 is 39.1 Å². The van der Waals surface area contributed by atoms with Crippen molar-refractivity contribution in [3.63, 3.8) is 0 Å². The molecule has 1 N–H and O–H groups in total. The molecule has 9 heteroatoms. The minimum atomic E-state index is -3.61. The van der Waals surface area contributed by atoms with E-state index in [-0.39, 0.29) is 43.8 Å². The van der Waals surface area contributed by atoms with Crippen LogP contribution < -0.4 is 9.62 Å². The fraction of sp³-hybridized carbons (Fsp3) is 0.394. The van der Waals surface area contributed by atoms with Gasteiger partial charge in [0.1, 0.15) is 6.04 Å². The van der Waals surface area contributed by atoms with Crippen LogP contribution >= 0.6 is 11.6 Å². The number of halogens is 1. The number of nitrogens with zero attached hydrogens (tertiary/aromatic N) is 2. The zero-order valence-corrected chi connectivity index (χ0v) is 25.9. The molecular weight excluding hydrogens is 570 g/mol. The van der Waals surface area contributed by atoms with Crippen LogP contribution in [0.15, 0.2) is 78.9 Å². The Morgan fingerprint density at radius 1 is 0.976 bits per heavy atom. The van der Waals surface area contributed by atoms with Crippen LogP contribution in [0.2, 0.25) is 5.02 Å². The summed E-state index contributed by atoms with van der Waals surface area (Å²) in [5.41, 5.74) is 3.42. The second-order valence-electron chi connectivity index (χ2n) is 11.1. The quantitative estimate of drug-likeness (QED) is 0.262. The molecule has 7 nitrogen and oxygen atoms in total. The molecule has 3 aromatic rings. The van der Waals surface area contributed by atoms with Gasteiger partial charge in [-0.2, -0.15) is 0 Å². The molecule has 0 radical (unpaired) electrons. The molecule has 1 saturated carbocycles. The Hall–Kier alpha value is -3.36. The van der Waals surface area contributed by atoms with Crippen molar-refractivity contribution < 1.29 is 18.0 Å². The molecule has 4 rings (SSSR count). The van der Waals surface area contributed by atoms with Gasteiger partial charge >= 0.3 is 0 Å². The summed E-state index contributed by atoms with van der Waals surface area (Å²) >= 11 is 6.13. The molecule has 2 amide bonds. The van der Waals surface area contributed by atoms with Gasteiger partial charge in [0.25, 0.3) is 0 Å². The van der Waals surface area contributed by atoms with Gasteiger partial charge in [-0.1, -0.05) is 85.1 Å². The number of nitrogens with one attached hydrogen (secondary N) is 1. The van der Waals surface area contributed by atoms with Crippen LogP contribution in [-0.2, 0) is 32.6 Å². The smallest absolute Gasteiger partial charge is 0.243 e. The van der Waals surface area contributed by atoms with Gasteiger partial charge in [0.05, 0.1) is 11.9 Å². The molecule has 1 aliphatic rings. The van der Waals surface area contributed by atoms with Gasteiger partial charge < -0.3 is 10.2 Å². The molecular formula is C33H40ClN3O4S. The zero-order chi connectivity index (χ0) is 30.1. The first kappa shape index (κ1) is 31.6. The predicted octanol–water partition coefficient (Wildman–Crippen LogP) is 5.89. The lowest BCUT2D eigenvalue weighted by Gasteiger charge is -2.33. The fourth-order valence-corrected chi connectivity index (χ4v) is 6.67. The van der Waals surface area contributed by atoms with E-state index < -0.39 is 16.1 Å². The van der Waals surface area contributed by atoms with Crippen LogP contribution in [-0.4, -0.2) is 50.0 Å². The van der Waals surface area contributed by atoms with Crippen LogP contribution in [0.25, 0.3) is 0 Å². The number of aryl methyl sites for hydroxylation is 1. The first-order valence-electron chi connectivity index (χ1n) is 14.5. The zero-order valence-electron chi connectivity index (χ0n) is 24.3. The lowest BCUT2D eigenvalue weighted by atomic mass is 10.0. The summed E-state index contributed by atoms with van der Waals surface area (Å²) in [4.78, 5) is 29.5. The van der Waals surface area contributed by atoms with Gasteiger partial charge in [0.15, 0.2) is 0 Å². The first-order valence-corrected chi connectivity index (χ1v) is 16.8. The Bertz CT molecular complexity index is 1460. The topological polar surface area (TPSA) is 86.8 Å². The number of sulfonamides is 1. The van der Waals surface area contributed by atoms with E-state index in [0.717, 1.165) is 48.6 Å². The molecule has 0 saturated heterocycles. The fourth-order valence-electron chi connectivity index (χ4n) is 5.53. The normalized spacial score (nSPS) is 14.4. The Balaban J connectivity index is 1.59. The highest BCUT2D eigenvalue weighted by Gasteiger charge is 2.32. The van der Waals surface area contributed by atoms with Gasteiger partial charge in [-0.25, -0.2) is 8.42 Å². The number of hydrogen-bond acceptors (Lipinski definition) is 4. The molecule has 0 unspecified atom stereocenters. The number of anilines is 1. The second kappa shape index (κ2) is 14.7. The standard InChI is InChI=1S/C33H40ClN3O4S/c1-25-12-6-7-15-27(25)24-36(31(22-26-13-4-3-5-14-26)33(39)35-29-17-8-9-18-29)32(38)20-11-21-37(42(2,40)41)30-19-10-16-28(34)23-30/h3-7,10,12-16,19,23,29,31H,8-9,11,17-18,20-22,24H2,1-2H3,(H,35,39)/t31-/m1/s1. The van der Waals surface area contributed by atoms with Crippen LogP contribution in [0.4, 0.5) is 5.69 Å². The molecule has 0 aromatic heterocycles. The second-order valence-corrected chi connectivity index (χ2v) is 13.4. The van der Waals surface area contributed by atoms with Crippen molar-refractivity contribution in [2.75, 3.05) is 17.1 Å². The maximum atomic E-state index is 14.0. The lowest BCUT2D eigenvalue weighted by molar-refractivity contribution is -0.141. The SMILES string of the molecule is Cc1ccccc1CN(C(=O)CCCN(c1cccc(Cl)c1)S(C)(=O)=O)[C@H](Cc1ccccc1)C(=O)NC1CCCC1. The summed E-state index contributed by atoms with van der Waals surface area (Å²) in [6, 6.07) is 23.7. The van der Waals surface area contributed by atoms with E-state index in [1.54, 1.807) is 29.2 Å². The van der Waals surface area contributed by atoms with E-state index in [0.29, 0.717) is 17.1 Å². The monoisotopic (exact) mass is 609 g/mol. The number of carbonyl (C=O) groups is 2. The van der Waals surface area contributed by atoms with Crippen LogP contribution in [0, 0.1) is 6.92 Å². The van der Waals surface area contributed by atoms with Crippen LogP contribution in [0.1, 0.15) is 55.2 Å². The van der Waals surface area contributed by atoms with Gasteiger partial charge in [-0.3, -0.25) is 13.9 Å². The predicted molar refractivity (Wildman–Crippen MR) is 169 cm³/mol. The van der Waals surface area contributed by atoms with E-state index in [1.165, 1.54) is 4.31 Å². The highest BCUT2D eigenvalue weighted by atomic mass is 35.5. The van der Waals surface area contributed by atoms with E-state index in [4.69, 9.17) is 11.6 Å². The summed E-state index contributed by atoms with van der Waals surface area (Å²) < 4.78 is 26.5. The van der Waals surface area contributed by atoms with Crippen molar-refractivity contribution in [2.24, 2.45) is 0 Å². The maximum absolute atomic E-state index is 14.0. The summed E-state index contributed by atoms with van der Waals surface area (Å²) in [5, 5.41) is 3.65. The summed E-state index contributed by atoms with van der Waals surface area (Å²) in [5.74, 6) is -0.343. The van der Waals surface area contributed by atoms with Gasteiger partial charge in [-0.15, -0.1) is 0 Å².